The Morgan fingerprint density at radius 1 is 0.912 bits per heavy atom. The van der Waals surface area contributed by atoms with Gasteiger partial charge < -0.3 is 10.1 Å². The van der Waals surface area contributed by atoms with Gasteiger partial charge in [0.25, 0.3) is 0 Å². The molecule has 0 fully saturated rings. The molecule has 3 aromatic carbocycles. The number of aryl methyl sites for hydroxylation is 3. The molecule has 0 saturated heterocycles. The fraction of sp³-hybridized carbons (Fsp3) is 0.179. The first-order valence-corrected chi connectivity index (χ1v) is 12.2. The maximum absolute atomic E-state index is 12.8. The molecule has 1 aliphatic heterocycles. The number of hydrogen-bond donors (Lipinski definition) is 1. The van der Waals surface area contributed by atoms with E-state index in [9.17, 15) is 4.79 Å². The summed E-state index contributed by atoms with van der Waals surface area (Å²) in [6.07, 6.45) is 0.669. The summed E-state index contributed by atoms with van der Waals surface area (Å²) in [6.45, 7) is 6.04. The summed E-state index contributed by atoms with van der Waals surface area (Å²) in [5.41, 5.74) is 6.97. The van der Waals surface area contributed by atoms with Crippen LogP contribution in [0, 0.1) is 20.8 Å². The fourth-order valence-corrected chi connectivity index (χ4v) is 4.95. The Labute approximate surface area is 203 Å². The van der Waals surface area contributed by atoms with E-state index in [4.69, 9.17) is 14.7 Å². The van der Waals surface area contributed by atoms with Gasteiger partial charge in [-0.15, -0.1) is 0 Å². The highest BCUT2D eigenvalue weighted by atomic mass is 32.2. The molecule has 0 spiro atoms. The van der Waals surface area contributed by atoms with Gasteiger partial charge in [0.05, 0.1) is 11.3 Å². The minimum atomic E-state index is -0.0657. The van der Waals surface area contributed by atoms with Crippen LogP contribution in [0.15, 0.2) is 71.8 Å². The molecule has 1 aromatic heterocycles. The topological polar surface area (TPSA) is 64.1 Å². The number of carbonyl (C=O) groups is 1. The maximum Gasteiger partial charge on any atom is 0.234 e. The predicted molar refractivity (Wildman–Crippen MR) is 137 cm³/mol. The lowest BCUT2D eigenvalue weighted by Gasteiger charge is -2.23. The van der Waals surface area contributed by atoms with Crippen LogP contribution in [0.4, 0.5) is 5.69 Å². The lowest BCUT2D eigenvalue weighted by Crippen LogP contribution is -2.16. The van der Waals surface area contributed by atoms with Crippen LogP contribution in [-0.2, 0) is 11.2 Å². The van der Waals surface area contributed by atoms with E-state index in [1.165, 1.54) is 11.8 Å². The third-order valence-corrected chi connectivity index (χ3v) is 6.93. The predicted octanol–water partition coefficient (Wildman–Crippen LogP) is 6.50. The highest BCUT2D eigenvalue weighted by Gasteiger charge is 2.25. The summed E-state index contributed by atoms with van der Waals surface area (Å²) in [5.74, 6) is 2.19. The van der Waals surface area contributed by atoms with E-state index in [2.05, 4.69) is 11.4 Å². The number of benzene rings is 3. The van der Waals surface area contributed by atoms with Gasteiger partial charge >= 0.3 is 0 Å². The number of para-hydroxylation sites is 2. The van der Waals surface area contributed by atoms with E-state index in [0.717, 1.165) is 49.8 Å². The van der Waals surface area contributed by atoms with E-state index in [0.29, 0.717) is 18.1 Å². The number of hydrogen-bond acceptors (Lipinski definition) is 5. The number of fused-ring (bicyclic) bond motifs is 2. The van der Waals surface area contributed by atoms with Gasteiger partial charge in [-0.3, -0.25) is 4.79 Å². The number of thioether (sulfide) groups is 1. The normalized spacial score (nSPS) is 11.9. The highest BCUT2D eigenvalue weighted by molar-refractivity contribution is 8.00. The van der Waals surface area contributed by atoms with Crippen molar-refractivity contribution >= 4 is 23.4 Å². The first-order chi connectivity index (χ1) is 16.5. The SMILES string of the molecule is Cc1cccc(C)c1NC(=O)CSc1nc(-c2ccccc2)nc2c1Cc1cccc(C)c1O2. The minimum Gasteiger partial charge on any atom is -0.438 e. The second-order valence-electron chi connectivity index (χ2n) is 8.45. The number of anilines is 1. The van der Waals surface area contributed by atoms with Crippen LogP contribution >= 0.6 is 11.8 Å². The van der Waals surface area contributed by atoms with Gasteiger partial charge in [-0.05, 0) is 43.0 Å². The molecule has 5 rings (SSSR count). The van der Waals surface area contributed by atoms with Crippen LogP contribution in [0.5, 0.6) is 11.6 Å². The van der Waals surface area contributed by atoms with Crippen molar-refractivity contribution in [1.29, 1.82) is 0 Å². The molecule has 4 aromatic rings. The van der Waals surface area contributed by atoms with Crippen molar-refractivity contribution in [3.05, 3.63) is 94.5 Å². The molecule has 0 radical (unpaired) electrons. The van der Waals surface area contributed by atoms with E-state index >= 15 is 0 Å². The smallest absolute Gasteiger partial charge is 0.234 e. The van der Waals surface area contributed by atoms with E-state index in [-0.39, 0.29) is 11.7 Å². The summed E-state index contributed by atoms with van der Waals surface area (Å²) in [5, 5.41) is 3.83. The van der Waals surface area contributed by atoms with Gasteiger partial charge in [0.1, 0.15) is 10.8 Å². The molecule has 0 bridgehead atoms. The number of carbonyl (C=O) groups excluding carboxylic acids is 1. The van der Waals surface area contributed by atoms with Gasteiger partial charge in [0.2, 0.25) is 11.8 Å². The van der Waals surface area contributed by atoms with Crippen LogP contribution in [0.3, 0.4) is 0 Å². The van der Waals surface area contributed by atoms with Gasteiger partial charge in [-0.2, -0.15) is 4.98 Å². The molecular formula is C28H25N3O2S. The van der Waals surface area contributed by atoms with Crippen molar-refractivity contribution in [3.8, 4) is 23.0 Å². The summed E-state index contributed by atoms with van der Waals surface area (Å²) in [4.78, 5) is 22.5. The van der Waals surface area contributed by atoms with Gasteiger partial charge in [0.15, 0.2) is 5.82 Å². The Hall–Kier alpha value is -3.64. The Morgan fingerprint density at radius 3 is 2.38 bits per heavy atom. The number of nitrogens with one attached hydrogen (secondary N) is 1. The molecule has 2 heterocycles. The molecule has 1 amide bonds. The zero-order chi connectivity index (χ0) is 23.7. The molecule has 34 heavy (non-hydrogen) atoms. The Morgan fingerprint density at radius 2 is 1.62 bits per heavy atom. The van der Waals surface area contributed by atoms with Crippen molar-refractivity contribution in [2.45, 2.75) is 32.2 Å². The maximum atomic E-state index is 12.8. The van der Waals surface area contributed by atoms with Crippen LogP contribution in [0.25, 0.3) is 11.4 Å². The summed E-state index contributed by atoms with van der Waals surface area (Å²) < 4.78 is 6.28. The van der Waals surface area contributed by atoms with Gasteiger partial charge in [0, 0.05) is 17.7 Å². The lowest BCUT2D eigenvalue weighted by molar-refractivity contribution is -0.113. The van der Waals surface area contributed by atoms with E-state index in [1.54, 1.807) is 0 Å². The molecule has 0 aliphatic carbocycles. The van der Waals surface area contributed by atoms with E-state index < -0.39 is 0 Å². The molecule has 1 N–H and O–H groups in total. The summed E-state index contributed by atoms with van der Waals surface area (Å²) in [6, 6.07) is 22.0. The summed E-state index contributed by atoms with van der Waals surface area (Å²) >= 11 is 1.42. The largest absolute Gasteiger partial charge is 0.438 e. The molecule has 0 unspecified atom stereocenters. The lowest BCUT2D eigenvalue weighted by atomic mass is 10.0. The third-order valence-electron chi connectivity index (χ3n) is 5.91. The van der Waals surface area contributed by atoms with Gasteiger partial charge in [-0.1, -0.05) is 78.5 Å². The number of nitrogens with zero attached hydrogens (tertiary/aromatic N) is 2. The third kappa shape index (κ3) is 4.41. The van der Waals surface area contributed by atoms with Crippen molar-refractivity contribution in [2.75, 3.05) is 11.1 Å². The van der Waals surface area contributed by atoms with Crippen LogP contribution < -0.4 is 10.1 Å². The first kappa shape index (κ1) is 22.2. The van der Waals surface area contributed by atoms with Gasteiger partial charge in [-0.25, -0.2) is 4.98 Å². The molecule has 0 atom stereocenters. The summed E-state index contributed by atoms with van der Waals surface area (Å²) in [7, 11) is 0. The Kier molecular flexibility index (Phi) is 6.07. The highest BCUT2D eigenvalue weighted by Crippen LogP contribution is 2.41. The quantitative estimate of drug-likeness (QED) is 0.236. The van der Waals surface area contributed by atoms with Crippen LogP contribution in [-0.4, -0.2) is 21.6 Å². The number of aromatic nitrogens is 2. The van der Waals surface area contributed by atoms with Crippen molar-refractivity contribution < 1.29 is 9.53 Å². The number of amides is 1. The minimum absolute atomic E-state index is 0.0657. The molecule has 1 aliphatic rings. The number of ether oxygens (including phenoxy) is 1. The number of rotatable bonds is 5. The zero-order valence-electron chi connectivity index (χ0n) is 19.4. The van der Waals surface area contributed by atoms with Crippen molar-refractivity contribution in [3.63, 3.8) is 0 Å². The second-order valence-corrected chi connectivity index (χ2v) is 9.41. The molecule has 5 nitrogen and oxygen atoms in total. The van der Waals surface area contributed by atoms with E-state index in [1.807, 2.05) is 81.4 Å². The molecular weight excluding hydrogens is 442 g/mol. The van der Waals surface area contributed by atoms with Crippen LogP contribution in [0.2, 0.25) is 0 Å². The van der Waals surface area contributed by atoms with Crippen molar-refractivity contribution in [2.24, 2.45) is 0 Å². The Balaban J connectivity index is 1.46. The first-order valence-electron chi connectivity index (χ1n) is 11.2. The average Bonchev–Trinajstić information content (AvgIpc) is 2.84. The molecule has 170 valence electrons. The molecule has 6 heteroatoms. The average molecular weight is 468 g/mol. The fourth-order valence-electron chi connectivity index (χ4n) is 4.12. The molecule has 0 saturated carbocycles. The monoisotopic (exact) mass is 467 g/mol. The van der Waals surface area contributed by atoms with Crippen molar-refractivity contribution in [1.82, 2.24) is 9.97 Å². The van der Waals surface area contributed by atoms with Crippen LogP contribution in [0.1, 0.15) is 27.8 Å². The zero-order valence-corrected chi connectivity index (χ0v) is 20.2. The Bertz CT molecular complexity index is 1370. The standard InChI is InChI=1S/C28H25N3O2S/c1-17-9-7-10-18(2)24(17)29-23(32)16-34-28-22-15-21-14-8-11-19(3)25(21)33-27(22)30-26(31-28)20-12-5-4-6-13-20/h4-14H,15-16H2,1-3H3,(H,29,32). The second kappa shape index (κ2) is 9.31.